The normalized spacial score (nSPS) is 13.6. The molecule has 110 valence electrons. The first kappa shape index (κ1) is 16.1. The summed E-state index contributed by atoms with van der Waals surface area (Å²) in [6.07, 6.45) is 1.23. The molecule has 0 bridgehead atoms. The second kappa shape index (κ2) is 7.59. The number of aliphatic carboxylic acids is 1. The van der Waals surface area contributed by atoms with Gasteiger partial charge in [0.15, 0.2) is 0 Å². The number of carbonyl (C=O) groups excluding carboxylic acids is 1. The Labute approximate surface area is 117 Å². The highest BCUT2D eigenvalue weighted by molar-refractivity contribution is 5.86. The molecule has 1 aromatic carbocycles. The number of nitrogens with two attached hydrogens (primary N) is 1. The van der Waals surface area contributed by atoms with Crippen LogP contribution in [-0.4, -0.2) is 29.1 Å². The van der Waals surface area contributed by atoms with Crippen molar-refractivity contribution in [3.05, 3.63) is 35.6 Å². The molecule has 0 aliphatic rings. The average Bonchev–Trinajstić information content (AvgIpc) is 2.38. The van der Waals surface area contributed by atoms with Gasteiger partial charge in [0, 0.05) is 6.42 Å². The summed E-state index contributed by atoms with van der Waals surface area (Å²) in [6.45, 7) is 1.88. The molecule has 20 heavy (non-hydrogen) atoms. The molecule has 5 nitrogen and oxygen atoms in total. The molecule has 0 aromatic heterocycles. The summed E-state index contributed by atoms with van der Waals surface area (Å²) in [4.78, 5) is 22.9. The predicted octanol–water partition coefficient (Wildman–Crippen LogP) is 1.06. The smallest absolute Gasteiger partial charge is 0.326 e. The second-order valence-electron chi connectivity index (χ2n) is 4.63. The van der Waals surface area contributed by atoms with Crippen LogP contribution in [0, 0.1) is 5.82 Å². The molecule has 6 heteroatoms. The van der Waals surface area contributed by atoms with Crippen molar-refractivity contribution in [2.24, 2.45) is 5.73 Å². The molecule has 0 radical (unpaired) electrons. The third-order valence-electron chi connectivity index (χ3n) is 2.88. The summed E-state index contributed by atoms with van der Waals surface area (Å²) < 4.78 is 13.1. The van der Waals surface area contributed by atoms with Crippen LogP contribution in [0.5, 0.6) is 0 Å². The fourth-order valence-electron chi connectivity index (χ4n) is 1.82. The molecule has 0 aliphatic carbocycles. The maximum absolute atomic E-state index is 13.1. The SMILES string of the molecule is CCC[C@H](N)C(=O)NC(Cc1cccc(F)c1)C(=O)O. The lowest BCUT2D eigenvalue weighted by Gasteiger charge is -2.17. The molecule has 0 aliphatic heterocycles. The topological polar surface area (TPSA) is 92.4 Å². The molecule has 0 fully saturated rings. The Morgan fingerprint density at radius 2 is 2.15 bits per heavy atom. The van der Waals surface area contributed by atoms with Crippen molar-refractivity contribution in [2.45, 2.75) is 38.3 Å². The number of amides is 1. The zero-order valence-electron chi connectivity index (χ0n) is 11.3. The average molecular weight is 282 g/mol. The van der Waals surface area contributed by atoms with Gasteiger partial charge in [0.05, 0.1) is 6.04 Å². The number of nitrogens with one attached hydrogen (secondary N) is 1. The van der Waals surface area contributed by atoms with Gasteiger partial charge in [0.1, 0.15) is 11.9 Å². The summed E-state index contributed by atoms with van der Waals surface area (Å²) >= 11 is 0. The van der Waals surface area contributed by atoms with Gasteiger partial charge in [-0.2, -0.15) is 0 Å². The Bertz CT molecular complexity index is 479. The Kier molecular flexibility index (Phi) is 6.11. The number of rotatable bonds is 7. The van der Waals surface area contributed by atoms with Crippen LogP contribution in [0.25, 0.3) is 0 Å². The number of benzene rings is 1. The monoisotopic (exact) mass is 282 g/mol. The minimum atomic E-state index is -1.17. The molecule has 1 rings (SSSR count). The van der Waals surface area contributed by atoms with E-state index in [1.54, 1.807) is 6.07 Å². The fraction of sp³-hybridized carbons (Fsp3) is 0.429. The molecule has 0 saturated heterocycles. The third-order valence-corrected chi connectivity index (χ3v) is 2.88. The number of carboxylic acids is 1. The maximum atomic E-state index is 13.1. The fourth-order valence-corrected chi connectivity index (χ4v) is 1.82. The van der Waals surface area contributed by atoms with Gasteiger partial charge in [0.25, 0.3) is 0 Å². The summed E-state index contributed by atoms with van der Waals surface area (Å²) in [6, 6.07) is 3.77. The summed E-state index contributed by atoms with van der Waals surface area (Å²) in [5.74, 6) is -2.12. The number of carbonyl (C=O) groups is 2. The second-order valence-corrected chi connectivity index (χ2v) is 4.63. The third kappa shape index (κ3) is 4.97. The quantitative estimate of drug-likeness (QED) is 0.697. The van der Waals surface area contributed by atoms with Crippen LogP contribution in [0.3, 0.4) is 0 Å². The standard InChI is InChI=1S/C14H19FN2O3/c1-2-4-11(16)13(18)17-12(14(19)20)8-9-5-3-6-10(15)7-9/h3,5-7,11-12H,2,4,8,16H2,1H3,(H,17,18)(H,19,20)/t11-,12?/m0/s1. The van der Waals surface area contributed by atoms with Gasteiger partial charge in [-0.15, -0.1) is 0 Å². The van der Waals surface area contributed by atoms with Crippen LogP contribution in [0.2, 0.25) is 0 Å². The lowest BCUT2D eigenvalue weighted by Crippen LogP contribution is -2.49. The zero-order chi connectivity index (χ0) is 15.1. The van der Waals surface area contributed by atoms with Crippen molar-refractivity contribution < 1.29 is 19.1 Å². The van der Waals surface area contributed by atoms with Crippen molar-refractivity contribution in [1.29, 1.82) is 0 Å². The first-order valence-electron chi connectivity index (χ1n) is 6.47. The molecule has 1 unspecified atom stereocenters. The molecule has 1 aromatic rings. The Hall–Kier alpha value is -1.95. The van der Waals surface area contributed by atoms with Gasteiger partial charge in [-0.25, -0.2) is 9.18 Å². The van der Waals surface area contributed by atoms with Gasteiger partial charge in [0.2, 0.25) is 5.91 Å². The summed E-state index contributed by atoms with van der Waals surface area (Å²) in [5, 5.41) is 11.5. The Balaban J connectivity index is 2.70. The zero-order valence-corrected chi connectivity index (χ0v) is 11.3. The van der Waals surface area contributed by atoms with Crippen LogP contribution >= 0.6 is 0 Å². The van der Waals surface area contributed by atoms with Gasteiger partial charge >= 0.3 is 5.97 Å². The summed E-state index contributed by atoms with van der Waals surface area (Å²) in [7, 11) is 0. The van der Waals surface area contributed by atoms with Gasteiger partial charge in [-0.05, 0) is 24.1 Å². The molecule has 2 atom stereocenters. The van der Waals surface area contributed by atoms with E-state index in [-0.39, 0.29) is 6.42 Å². The van der Waals surface area contributed by atoms with Crippen molar-refractivity contribution in [2.75, 3.05) is 0 Å². The minimum absolute atomic E-state index is 0.0116. The molecular weight excluding hydrogens is 263 g/mol. The number of hydrogen-bond acceptors (Lipinski definition) is 3. The number of carboxylic acid groups (broad SMARTS) is 1. The van der Waals surface area contributed by atoms with Crippen LogP contribution in [0.4, 0.5) is 4.39 Å². The van der Waals surface area contributed by atoms with E-state index in [1.165, 1.54) is 18.2 Å². The van der Waals surface area contributed by atoms with Crippen molar-refractivity contribution in [1.82, 2.24) is 5.32 Å². The van der Waals surface area contributed by atoms with Crippen molar-refractivity contribution in [3.63, 3.8) is 0 Å². The van der Waals surface area contributed by atoms with E-state index in [4.69, 9.17) is 10.8 Å². The molecular formula is C14H19FN2O3. The van der Waals surface area contributed by atoms with Crippen LogP contribution in [-0.2, 0) is 16.0 Å². The maximum Gasteiger partial charge on any atom is 0.326 e. The number of hydrogen-bond donors (Lipinski definition) is 3. The van der Waals surface area contributed by atoms with E-state index in [2.05, 4.69) is 5.32 Å². The molecule has 0 heterocycles. The first-order valence-corrected chi connectivity index (χ1v) is 6.47. The molecule has 0 saturated carbocycles. The minimum Gasteiger partial charge on any atom is -0.480 e. The highest BCUT2D eigenvalue weighted by Crippen LogP contribution is 2.07. The summed E-state index contributed by atoms with van der Waals surface area (Å²) in [5.41, 5.74) is 6.13. The van der Waals surface area contributed by atoms with Crippen LogP contribution in [0.1, 0.15) is 25.3 Å². The van der Waals surface area contributed by atoms with Crippen molar-refractivity contribution >= 4 is 11.9 Å². The van der Waals surface area contributed by atoms with Gasteiger partial charge in [-0.1, -0.05) is 25.5 Å². The predicted molar refractivity (Wildman–Crippen MR) is 72.6 cm³/mol. The van der Waals surface area contributed by atoms with Crippen molar-refractivity contribution in [3.8, 4) is 0 Å². The van der Waals surface area contributed by atoms with E-state index >= 15 is 0 Å². The van der Waals surface area contributed by atoms with Gasteiger partial charge in [-0.3, -0.25) is 4.79 Å². The lowest BCUT2D eigenvalue weighted by atomic mass is 10.0. The largest absolute Gasteiger partial charge is 0.480 e. The van der Waals surface area contributed by atoms with Crippen LogP contribution < -0.4 is 11.1 Å². The van der Waals surface area contributed by atoms with E-state index in [0.29, 0.717) is 12.0 Å². The highest BCUT2D eigenvalue weighted by atomic mass is 19.1. The molecule has 0 spiro atoms. The van der Waals surface area contributed by atoms with E-state index in [1.807, 2.05) is 6.92 Å². The van der Waals surface area contributed by atoms with E-state index in [0.717, 1.165) is 6.42 Å². The van der Waals surface area contributed by atoms with E-state index < -0.39 is 29.8 Å². The first-order chi connectivity index (χ1) is 9.43. The molecule has 1 amide bonds. The van der Waals surface area contributed by atoms with E-state index in [9.17, 15) is 14.0 Å². The van der Waals surface area contributed by atoms with Crippen LogP contribution in [0.15, 0.2) is 24.3 Å². The Morgan fingerprint density at radius 3 is 2.70 bits per heavy atom. The highest BCUT2D eigenvalue weighted by Gasteiger charge is 2.23. The lowest BCUT2D eigenvalue weighted by molar-refractivity contribution is -0.142. The van der Waals surface area contributed by atoms with Gasteiger partial charge < -0.3 is 16.2 Å². The number of halogens is 1. The molecule has 4 N–H and O–H groups in total. The Morgan fingerprint density at radius 1 is 1.45 bits per heavy atom.